The molecule has 1 heterocycles. The van der Waals surface area contributed by atoms with Crippen molar-refractivity contribution in [2.75, 3.05) is 26.7 Å². The molecule has 15 heteroatoms. The largest absolute Gasteiger partial charge is 0.488 e. The Morgan fingerprint density at radius 2 is 1.65 bits per heavy atom. The molecule has 0 bridgehead atoms. The van der Waals surface area contributed by atoms with Gasteiger partial charge in [0.2, 0.25) is 11.8 Å². The minimum Gasteiger partial charge on any atom is -0.444 e. The number of hydrogen-bond acceptors (Lipinski definition) is 7. The van der Waals surface area contributed by atoms with Gasteiger partial charge in [0.25, 0.3) is 0 Å². The number of halogens is 3. The van der Waals surface area contributed by atoms with E-state index >= 15 is 0 Å². The number of nitrogens with zero attached hydrogens (tertiary/aromatic N) is 3. The number of ether oxygens (including phenoxy) is 1. The van der Waals surface area contributed by atoms with Crippen LogP contribution in [0, 0.1) is 0 Å². The number of benzene rings is 2. The summed E-state index contributed by atoms with van der Waals surface area (Å²) in [4.78, 5) is 55.9. The normalized spacial score (nSPS) is 16.1. The van der Waals surface area contributed by atoms with E-state index < -0.39 is 60.8 Å². The molecule has 1 aliphatic rings. The molecular weight excluding hydrogens is 632 g/mol. The highest BCUT2D eigenvalue weighted by molar-refractivity contribution is 6.58. The third-order valence-corrected chi connectivity index (χ3v) is 8.11. The van der Waals surface area contributed by atoms with E-state index in [-0.39, 0.29) is 37.9 Å². The molecule has 0 spiro atoms. The predicted molar refractivity (Wildman–Crippen MR) is 173 cm³/mol. The van der Waals surface area contributed by atoms with E-state index in [1.165, 1.54) is 31.0 Å². The molecule has 0 aliphatic carbocycles. The minimum atomic E-state index is -5.11. The lowest BCUT2D eigenvalue weighted by Crippen LogP contribution is -2.57. The lowest BCUT2D eigenvalue weighted by atomic mass is 9.80. The maximum absolute atomic E-state index is 14.1. The van der Waals surface area contributed by atoms with Crippen LogP contribution in [-0.2, 0) is 32.0 Å². The number of amides is 4. The van der Waals surface area contributed by atoms with Crippen LogP contribution < -0.4 is 10.8 Å². The van der Waals surface area contributed by atoms with E-state index in [1.807, 2.05) is 0 Å². The second kappa shape index (κ2) is 16.3. The first-order chi connectivity index (χ1) is 22.4. The van der Waals surface area contributed by atoms with Gasteiger partial charge in [-0.25, -0.2) is 4.79 Å². The van der Waals surface area contributed by atoms with Crippen molar-refractivity contribution in [2.24, 2.45) is 0 Å². The Morgan fingerprint density at radius 1 is 1.02 bits per heavy atom. The summed E-state index contributed by atoms with van der Waals surface area (Å²) in [7, 11) is -0.332. The number of carbonyl (C=O) groups is 4. The number of alkyl halides is 3. The highest BCUT2D eigenvalue weighted by Crippen LogP contribution is 2.24. The van der Waals surface area contributed by atoms with Gasteiger partial charge in [-0.05, 0) is 63.5 Å². The lowest BCUT2D eigenvalue weighted by Gasteiger charge is -2.34. The van der Waals surface area contributed by atoms with E-state index in [4.69, 9.17) is 4.74 Å². The van der Waals surface area contributed by atoms with E-state index in [9.17, 15) is 42.4 Å². The third-order valence-electron chi connectivity index (χ3n) is 8.11. The SMILES string of the molecule is C[C@@H](C(=O)N[C@@H](Cc1ccc(B(O)O)cc1)C(=O)N1CCC[C@H]1CN(CCc1ccccc1)C(=O)C(F)(F)F)N(C)C(=O)OC(C)(C)C. The van der Waals surface area contributed by atoms with Gasteiger partial charge < -0.3 is 29.9 Å². The molecule has 1 aliphatic heterocycles. The molecule has 3 N–H and O–H groups in total. The fraction of sp³-hybridized carbons (Fsp3) is 0.515. The molecule has 1 fully saturated rings. The van der Waals surface area contributed by atoms with Crippen molar-refractivity contribution in [3.05, 3.63) is 65.7 Å². The van der Waals surface area contributed by atoms with Gasteiger partial charge >= 0.3 is 25.3 Å². The number of likely N-dealkylation sites (N-methyl/N-ethyl adjacent to an activating group) is 1. The first-order valence-corrected chi connectivity index (χ1v) is 15.8. The average molecular weight is 677 g/mol. The van der Waals surface area contributed by atoms with Crippen molar-refractivity contribution in [3.8, 4) is 0 Å². The molecule has 0 radical (unpaired) electrons. The monoisotopic (exact) mass is 676 g/mol. The van der Waals surface area contributed by atoms with E-state index in [0.717, 1.165) is 15.4 Å². The summed E-state index contributed by atoms with van der Waals surface area (Å²) in [6, 6.07) is 11.8. The van der Waals surface area contributed by atoms with Crippen molar-refractivity contribution < 1.29 is 47.1 Å². The zero-order valence-electron chi connectivity index (χ0n) is 27.9. The standard InChI is InChI=1S/C33H44BF3N4O7/c1-22(39(5)31(45)48-32(2,3)4)28(42)38-27(20-24-13-15-25(16-14-24)34(46)47)29(43)41-18-9-12-26(41)21-40(30(44)33(35,36)37)19-17-23-10-7-6-8-11-23/h6-8,10-11,13-16,22,26-27,46-47H,9,12,17-21H2,1-5H3,(H,38,42)/t22-,26-,27-/m0/s1. The van der Waals surface area contributed by atoms with Gasteiger partial charge in [0, 0.05) is 39.1 Å². The van der Waals surface area contributed by atoms with Crippen LogP contribution in [0.25, 0.3) is 0 Å². The van der Waals surface area contributed by atoms with Crippen LogP contribution in [0.3, 0.4) is 0 Å². The van der Waals surface area contributed by atoms with Gasteiger partial charge in [-0.1, -0.05) is 54.6 Å². The fourth-order valence-electron chi connectivity index (χ4n) is 5.36. The van der Waals surface area contributed by atoms with Crippen LogP contribution in [0.5, 0.6) is 0 Å². The molecule has 48 heavy (non-hydrogen) atoms. The number of nitrogens with one attached hydrogen (secondary N) is 1. The number of hydrogen-bond donors (Lipinski definition) is 3. The minimum absolute atomic E-state index is 0.0440. The molecule has 3 rings (SSSR count). The summed E-state index contributed by atoms with van der Waals surface area (Å²) in [5.41, 5.74) is 0.702. The molecular formula is C33H44BF3N4O7. The highest BCUT2D eigenvalue weighted by atomic mass is 19.4. The molecule has 2 aromatic rings. The van der Waals surface area contributed by atoms with Gasteiger partial charge in [0.05, 0.1) is 0 Å². The first-order valence-electron chi connectivity index (χ1n) is 15.8. The topological polar surface area (TPSA) is 140 Å². The molecule has 0 saturated carbocycles. The Bertz CT molecular complexity index is 1400. The molecule has 2 aromatic carbocycles. The summed E-state index contributed by atoms with van der Waals surface area (Å²) in [5, 5.41) is 21.6. The van der Waals surface area contributed by atoms with Crippen molar-refractivity contribution in [1.29, 1.82) is 0 Å². The van der Waals surface area contributed by atoms with E-state index in [1.54, 1.807) is 63.2 Å². The fourth-order valence-corrected chi connectivity index (χ4v) is 5.36. The molecule has 3 atom stereocenters. The Hall–Kier alpha value is -4.11. The molecule has 262 valence electrons. The Balaban J connectivity index is 1.85. The smallest absolute Gasteiger partial charge is 0.444 e. The third kappa shape index (κ3) is 11.0. The number of carbonyl (C=O) groups excluding carboxylic acids is 4. The molecule has 1 saturated heterocycles. The average Bonchev–Trinajstić information content (AvgIpc) is 3.48. The Morgan fingerprint density at radius 3 is 2.21 bits per heavy atom. The van der Waals surface area contributed by atoms with Gasteiger partial charge in [-0.2, -0.15) is 13.2 Å². The van der Waals surface area contributed by atoms with Crippen LogP contribution in [0.4, 0.5) is 18.0 Å². The molecule has 0 unspecified atom stereocenters. The molecule has 4 amide bonds. The zero-order chi connectivity index (χ0) is 35.8. The van der Waals surface area contributed by atoms with Crippen molar-refractivity contribution in [1.82, 2.24) is 20.0 Å². The van der Waals surface area contributed by atoms with Gasteiger partial charge in [-0.15, -0.1) is 0 Å². The van der Waals surface area contributed by atoms with Crippen molar-refractivity contribution >= 4 is 36.4 Å². The van der Waals surface area contributed by atoms with Crippen LogP contribution >= 0.6 is 0 Å². The van der Waals surface area contributed by atoms with Crippen LogP contribution in [-0.4, -0.2) is 112 Å². The summed E-state index contributed by atoms with van der Waals surface area (Å²) in [6.45, 7) is 6.14. The van der Waals surface area contributed by atoms with Crippen LogP contribution in [0.2, 0.25) is 0 Å². The maximum atomic E-state index is 14.1. The van der Waals surface area contributed by atoms with Gasteiger partial charge in [-0.3, -0.25) is 19.3 Å². The summed E-state index contributed by atoms with van der Waals surface area (Å²) in [6.07, 6.45) is -4.90. The second-order valence-electron chi connectivity index (χ2n) is 13.0. The summed E-state index contributed by atoms with van der Waals surface area (Å²) >= 11 is 0. The van der Waals surface area contributed by atoms with Gasteiger partial charge in [0.1, 0.15) is 17.7 Å². The second-order valence-corrected chi connectivity index (χ2v) is 13.0. The first kappa shape index (κ1) is 38.3. The zero-order valence-corrected chi connectivity index (χ0v) is 27.9. The predicted octanol–water partition coefficient (Wildman–Crippen LogP) is 2.27. The van der Waals surface area contributed by atoms with Crippen LogP contribution in [0.15, 0.2) is 54.6 Å². The summed E-state index contributed by atoms with van der Waals surface area (Å²) in [5.74, 6) is -3.23. The van der Waals surface area contributed by atoms with Crippen molar-refractivity contribution in [3.63, 3.8) is 0 Å². The maximum Gasteiger partial charge on any atom is 0.488 e. The van der Waals surface area contributed by atoms with E-state index in [0.29, 0.717) is 18.4 Å². The Labute approximate surface area is 279 Å². The molecule has 11 nitrogen and oxygen atoms in total. The number of rotatable bonds is 12. The van der Waals surface area contributed by atoms with E-state index in [2.05, 4.69) is 5.32 Å². The quantitative estimate of drug-likeness (QED) is 0.293. The van der Waals surface area contributed by atoms with Gasteiger partial charge in [0.15, 0.2) is 0 Å². The van der Waals surface area contributed by atoms with Crippen molar-refractivity contribution in [2.45, 2.75) is 83.3 Å². The summed E-state index contributed by atoms with van der Waals surface area (Å²) < 4.78 is 46.3. The van der Waals surface area contributed by atoms with Crippen LogP contribution in [0.1, 0.15) is 51.7 Å². The Kier molecular flexibility index (Phi) is 13.0. The molecule has 0 aromatic heterocycles. The lowest BCUT2D eigenvalue weighted by molar-refractivity contribution is -0.186. The number of likely N-dealkylation sites (tertiary alicyclic amines) is 1. The highest BCUT2D eigenvalue weighted by Gasteiger charge is 2.44.